The molecule has 0 fully saturated rings. The van der Waals surface area contributed by atoms with Gasteiger partial charge in [-0.3, -0.25) is 0 Å². The van der Waals surface area contributed by atoms with Gasteiger partial charge in [-0.05, 0) is 19.1 Å². The van der Waals surface area contributed by atoms with E-state index in [-0.39, 0.29) is 5.97 Å². The van der Waals surface area contributed by atoms with Crippen LogP contribution in [0, 0.1) is 0 Å². The van der Waals surface area contributed by atoms with Crippen LogP contribution in [0.15, 0.2) is 30.3 Å². The fraction of sp³-hybridized carbons (Fsp3) is 0.300. The minimum absolute atomic E-state index is 0.315. The van der Waals surface area contributed by atoms with Gasteiger partial charge in [0, 0.05) is 13.6 Å². The minimum atomic E-state index is -0.315. The van der Waals surface area contributed by atoms with Crippen LogP contribution in [0.4, 0.5) is 0 Å². The van der Waals surface area contributed by atoms with Gasteiger partial charge in [0.05, 0.1) is 5.56 Å². The molecule has 1 rings (SSSR count). The summed E-state index contributed by atoms with van der Waals surface area (Å²) in [6, 6.07) is 8.93. The average Bonchev–Trinajstić information content (AvgIpc) is 2.19. The van der Waals surface area contributed by atoms with E-state index < -0.39 is 0 Å². The summed E-state index contributed by atoms with van der Waals surface area (Å²) in [7, 11) is 1.72. The zero-order chi connectivity index (χ0) is 9.68. The van der Waals surface area contributed by atoms with Crippen LogP contribution in [0.3, 0.4) is 0 Å². The van der Waals surface area contributed by atoms with Gasteiger partial charge < -0.3 is 4.84 Å². The highest BCUT2D eigenvalue weighted by Crippen LogP contribution is 2.01. The van der Waals surface area contributed by atoms with Gasteiger partial charge in [0.25, 0.3) is 0 Å². The summed E-state index contributed by atoms with van der Waals surface area (Å²) in [5, 5.41) is 1.50. The zero-order valence-electron chi connectivity index (χ0n) is 7.86. The largest absolute Gasteiger partial charge is 0.364 e. The van der Waals surface area contributed by atoms with E-state index in [4.69, 9.17) is 4.84 Å². The topological polar surface area (TPSA) is 29.5 Å². The lowest BCUT2D eigenvalue weighted by molar-refractivity contribution is -0.0867. The third-order valence-corrected chi connectivity index (χ3v) is 1.69. The fourth-order valence-corrected chi connectivity index (χ4v) is 0.833. The van der Waals surface area contributed by atoms with Crippen LogP contribution >= 0.6 is 0 Å². The molecule has 70 valence electrons. The highest BCUT2D eigenvalue weighted by molar-refractivity contribution is 5.89. The normalized spacial score (nSPS) is 10.1. The Balaban J connectivity index is 2.59. The second-order valence-corrected chi connectivity index (χ2v) is 2.69. The number of carbonyl (C=O) groups is 1. The number of hydrogen-bond donors (Lipinski definition) is 0. The second kappa shape index (κ2) is 4.62. The van der Waals surface area contributed by atoms with Crippen LogP contribution in [0.2, 0.25) is 0 Å². The van der Waals surface area contributed by atoms with E-state index in [1.807, 2.05) is 25.1 Å². The van der Waals surface area contributed by atoms with Gasteiger partial charge in [0.15, 0.2) is 0 Å². The van der Waals surface area contributed by atoms with Crippen LogP contribution < -0.4 is 0 Å². The van der Waals surface area contributed by atoms with Gasteiger partial charge in [0.1, 0.15) is 0 Å². The summed E-state index contributed by atoms with van der Waals surface area (Å²) in [4.78, 5) is 16.3. The Hall–Kier alpha value is -1.35. The molecule has 13 heavy (non-hydrogen) atoms. The summed E-state index contributed by atoms with van der Waals surface area (Å²) in [6.45, 7) is 2.59. The third-order valence-electron chi connectivity index (χ3n) is 1.69. The van der Waals surface area contributed by atoms with Crippen molar-refractivity contribution in [3.05, 3.63) is 35.9 Å². The molecule has 0 unspecified atom stereocenters. The molecule has 0 heterocycles. The molecule has 0 amide bonds. The van der Waals surface area contributed by atoms with Crippen LogP contribution in [-0.2, 0) is 4.84 Å². The van der Waals surface area contributed by atoms with E-state index in [2.05, 4.69) is 0 Å². The maximum atomic E-state index is 11.4. The third kappa shape index (κ3) is 2.87. The molecule has 0 aliphatic carbocycles. The molecule has 0 aliphatic rings. The quantitative estimate of drug-likeness (QED) is 0.661. The molecular weight excluding hydrogens is 166 g/mol. The van der Waals surface area contributed by atoms with Crippen molar-refractivity contribution in [2.45, 2.75) is 6.92 Å². The second-order valence-electron chi connectivity index (χ2n) is 2.69. The SMILES string of the molecule is CCN(C)OC(=O)c1ccccc1. The van der Waals surface area contributed by atoms with E-state index in [0.717, 1.165) is 0 Å². The number of hydroxylamine groups is 2. The molecule has 0 saturated heterocycles. The lowest BCUT2D eigenvalue weighted by atomic mass is 10.2. The van der Waals surface area contributed by atoms with Crippen LogP contribution in [-0.4, -0.2) is 24.6 Å². The molecule has 0 saturated carbocycles. The molecule has 0 radical (unpaired) electrons. The van der Waals surface area contributed by atoms with E-state index >= 15 is 0 Å². The van der Waals surface area contributed by atoms with Crippen molar-refractivity contribution < 1.29 is 9.63 Å². The van der Waals surface area contributed by atoms with Gasteiger partial charge in [-0.25, -0.2) is 4.79 Å². The Kier molecular flexibility index (Phi) is 3.46. The Bertz CT molecular complexity index is 272. The van der Waals surface area contributed by atoms with Crippen molar-refractivity contribution in [3.8, 4) is 0 Å². The van der Waals surface area contributed by atoms with Crippen LogP contribution in [0.1, 0.15) is 17.3 Å². The first kappa shape index (κ1) is 9.74. The van der Waals surface area contributed by atoms with Crippen molar-refractivity contribution in [1.29, 1.82) is 0 Å². The number of rotatable bonds is 3. The van der Waals surface area contributed by atoms with E-state index in [9.17, 15) is 4.79 Å². The molecule has 1 aromatic rings. The highest BCUT2D eigenvalue weighted by atomic mass is 16.7. The van der Waals surface area contributed by atoms with Gasteiger partial charge in [-0.2, -0.15) is 0 Å². The maximum absolute atomic E-state index is 11.4. The molecule has 3 heteroatoms. The molecule has 3 nitrogen and oxygen atoms in total. The smallest absolute Gasteiger partial charge is 0.357 e. The van der Waals surface area contributed by atoms with Crippen molar-refractivity contribution in [3.63, 3.8) is 0 Å². The van der Waals surface area contributed by atoms with Gasteiger partial charge >= 0.3 is 5.97 Å². The first-order chi connectivity index (χ1) is 6.24. The minimum Gasteiger partial charge on any atom is -0.364 e. The van der Waals surface area contributed by atoms with Crippen LogP contribution in [0.25, 0.3) is 0 Å². The molecule has 0 aromatic heterocycles. The number of nitrogens with zero attached hydrogens (tertiary/aromatic N) is 1. The lowest BCUT2D eigenvalue weighted by Gasteiger charge is -2.12. The van der Waals surface area contributed by atoms with Gasteiger partial charge in [0.2, 0.25) is 0 Å². The van der Waals surface area contributed by atoms with Crippen molar-refractivity contribution >= 4 is 5.97 Å². The summed E-state index contributed by atoms with van der Waals surface area (Å²) in [5.74, 6) is -0.315. The van der Waals surface area contributed by atoms with E-state index in [1.54, 1.807) is 19.2 Å². The average molecular weight is 179 g/mol. The lowest BCUT2D eigenvalue weighted by Crippen LogP contribution is -2.22. The maximum Gasteiger partial charge on any atom is 0.357 e. The predicted octanol–water partition coefficient (Wildman–Crippen LogP) is 1.71. The summed E-state index contributed by atoms with van der Waals surface area (Å²) in [5.41, 5.74) is 0.572. The van der Waals surface area contributed by atoms with Crippen molar-refractivity contribution in [2.24, 2.45) is 0 Å². The molecule has 0 bridgehead atoms. The molecule has 0 atom stereocenters. The van der Waals surface area contributed by atoms with Gasteiger partial charge in [-0.1, -0.05) is 18.2 Å². The van der Waals surface area contributed by atoms with Crippen molar-refractivity contribution in [2.75, 3.05) is 13.6 Å². The predicted molar refractivity (Wildman–Crippen MR) is 50.2 cm³/mol. The number of hydrogen-bond acceptors (Lipinski definition) is 3. The molecule has 1 aromatic carbocycles. The first-order valence-electron chi connectivity index (χ1n) is 4.22. The van der Waals surface area contributed by atoms with Crippen LogP contribution in [0.5, 0.6) is 0 Å². The molecule has 0 spiro atoms. The standard InChI is InChI=1S/C10H13NO2/c1-3-11(2)13-10(12)9-7-5-4-6-8-9/h4-8H,3H2,1-2H3. The summed E-state index contributed by atoms with van der Waals surface area (Å²) in [6.07, 6.45) is 0. The summed E-state index contributed by atoms with van der Waals surface area (Å²) >= 11 is 0. The number of carbonyl (C=O) groups excluding carboxylic acids is 1. The Morgan fingerprint density at radius 1 is 1.38 bits per heavy atom. The summed E-state index contributed by atoms with van der Waals surface area (Å²) < 4.78 is 0. The zero-order valence-corrected chi connectivity index (χ0v) is 7.86. The Labute approximate surface area is 77.9 Å². The fourth-order valence-electron chi connectivity index (χ4n) is 0.833. The van der Waals surface area contributed by atoms with Gasteiger partial charge in [-0.15, -0.1) is 5.06 Å². The number of benzene rings is 1. The molecule has 0 aliphatic heterocycles. The highest BCUT2D eigenvalue weighted by Gasteiger charge is 2.07. The monoisotopic (exact) mass is 179 g/mol. The molecular formula is C10H13NO2. The van der Waals surface area contributed by atoms with Crippen molar-refractivity contribution in [1.82, 2.24) is 5.06 Å². The van der Waals surface area contributed by atoms with E-state index in [0.29, 0.717) is 12.1 Å². The Morgan fingerprint density at radius 2 is 2.00 bits per heavy atom. The molecule has 0 N–H and O–H groups in total. The Morgan fingerprint density at radius 3 is 2.54 bits per heavy atom. The first-order valence-corrected chi connectivity index (χ1v) is 4.22. The van der Waals surface area contributed by atoms with E-state index in [1.165, 1.54) is 5.06 Å².